The van der Waals surface area contributed by atoms with Gasteiger partial charge in [-0.1, -0.05) is 24.3 Å². The van der Waals surface area contributed by atoms with Crippen molar-refractivity contribution >= 4 is 40.1 Å². The fraction of sp³-hybridized carbons (Fsp3) is 0.182. The highest BCUT2D eigenvalue weighted by atomic mass is 16.5. The van der Waals surface area contributed by atoms with Crippen molar-refractivity contribution < 1.29 is 19.1 Å². The maximum atomic E-state index is 13.3. The van der Waals surface area contributed by atoms with Crippen LogP contribution in [-0.4, -0.2) is 58.2 Å². The molecule has 0 unspecified atom stereocenters. The highest BCUT2D eigenvalue weighted by Crippen LogP contribution is 2.22. The molecular weight excluding hydrogens is 544 g/mol. The van der Waals surface area contributed by atoms with E-state index in [0.717, 1.165) is 36.0 Å². The monoisotopic (exact) mass is 576 g/mol. The van der Waals surface area contributed by atoms with Gasteiger partial charge in [0.25, 0.3) is 11.8 Å². The maximum absolute atomic E-state index is 13.3. The molecule has 218 valence electrons. The van der Waals surface area contributed by atoms with Gasteiger partial charge in [-0.15, -0.1) is 0 Å². The van der Waals surface area contributed by atoms with Gasteiger partial charge >= 0.3 is 5.97 Å². The zero-order valence-corrected chi connectivity index (χ0v) is 24.2. The van der Waals surface area contributed by atoms with Crippen molar-refractivity contribution in [3.63, 3.8) is 0 Å². The minimum absolute atomic E-state index is 0.165. The van der Waals surface area contributed by atoms with Crippen LogP contribution in [-0.2, 0) is 24.8 Å². The lowest BCUT2D eigenvalue weighted by Gasteiger charge is -2.17. The van der Waals surface area contributed by atoms with E-state index in [4.69, 9.17) is 4.74 Å². The summed E-state index contributed by atoms with van der Waals surface area (Å²) in [5.41, 5.74) is 4.81. The Bertz CT molecular complexity index is 1770. The molecule has 2 N–H and O–H groups in total. The number of nitrogens with zero attached hydrogens (tertiary/aromatic N) is 4. The van der Waals surface area contributed by atoms with Gasteiger partial charge < -0.3 is 20.3 Å². The minimum Gasteiger partial charge on any atom is -0.465 e. The summed E-state index contributed by atoms with van der Waals surface area (Å²) >= 11 is 0. The van der Waals surface area contributed by atoms with Gasteiger partial charge in [0, 0.05) is 37.4 Å². The Kier molecular flexibility index (Phi) is 8.88. The van der Waals surface area contributed by atoms with Crippen LogP contribution in [0.2, 0.25) is 0 Å². The molecule has 0 radical (unpaired) electrons. The summed E-state index contributed by atoms with van der Waals surface area (Å²) < 4.78 is 6.67. The Morgan fingerprint density at radius 2 is 1.70 bits per heavy atom. The van der Waals surface area contributed by atoms with Gasteiger partial charge in [0.15, 0.2) is 0 Å². The van der Waals surface area contributed by atoms with Crippen LogP contribution >= 0.6 is 0 Å². The van der Waals surface area contributed by atoms with Crippen molar-refractivity contribution in [2.45, 2.75) is 13.0 Å². The van der Waals surface area contributed by atoms with E-state index in [1.54, 1.807) is 18.2 Å². The van der Waals surface area contributed by atoms with Gasteiger partial charge in [-0.05, 0) is 79.2 Å². The van der Waals surface area contributed by atoms with E-state index in [1.807, 2.05) is 42.2 Å². The van der Waals surface area contributed by atoms with Gasteiger partial charge in [-0.3, -0.25) is 19.3 Å². The smallest absolute Gasteiger partial charge is 0.337 e. The second kappa shape index (κ2) is 13.1. The van der Waals surface area contributed by atoms with Crippen LogP contribution in [0.4, 0.5) is 11.4 Å². The number of aromatic nitrogens is 3. The number of aryl methyl sites for hydroxylation is 1. The molecule has 0 spiro atoms. The SMILES string of the molecule is COC(=O)c1ccc(C(=O)Nc2ccc(CCN(C)Cc3ccc4c(cnn4C)c3)cc2)c(NC(=O)c2ccccn2)c1. The first kappa shape index (κ1) is 29.2. The van der Waals surface area contributed by atoms with E-state index >= 15 is 0 Å². The molecule has 0 saturated heterocycles. The summed E-state index contributed by atoms with van der Waals surface area (Å²) in [6.07, 6.45) is 4.23. The molecule has 10 heteroatoms. The standard InChI is InChI=1S/C33H32N6O4/c1-38(21-23-9-14-30-25(18-23)20-35-39(30)2)17-15-22-7-11-26(12-8-22)36-31(40)27-13-10-24(33(42)43-3)19-29(27)37-32(41)28-6-4-5-16-34-28/h4-14,16,18-20H,15,17,21H2,1-3H3,(H,36,40)(H,37,41). The first-order chi connectivity index (χ1) is 20.8. The summed E-state index contributed by atoms with van der Waals surface area (Å²) in [4.78, 5) is 44.4. The van der Waals surface area contributed by atoms with E-state index in [1.165, 1.54) is 37.1 Å². The molecule has 0 saturated carbocycles. The number of carbonyl (C=O) groups excluding carboxylic acids is 3. The van der Waals surface area contributed by atoms with Crippen molar-refractivity contribution in [2.75, 3.05) is 31.3 Å². The van der Waals surface area contributed by atoms with Crippen LogP contribution in [0.1, 0.15) is 42.3 Å². The zero-order chi connectivity index (χ0) is 30.3. The number of benzene rings is 3. The molecule has 3 aromatic carbocycles. The Balaban J connectivity index is 1.21. The summed E-state index contributed by atoms with van der Waals surface area (Å²) in [7, 11) is 5.30. The molecule has 43 heavy (non-hydrogen) atoms. The maximum Gasteiger partial charge on any atom is 0.337 e. The molecule has 10 nitrogen and oxygen atoms in total. The molecule has 0 atom stereocenters. The van der Waals surface area contributed by atoms with Crippen LogP contribution in [0.25, 0.3) is 10.9 Å². The number of hydrogen-bond acceptors (Lipinski definition) is 7. The lowest BCUT2D eigenvalue weighted by atomic mass is 10.1. The first-order valence-electron chi connectivity index (χ1n) is 13.7. The Morgan fingerprint density at radius 3 is 2.44 bits per heavy atom. The van der Waals surface area contributed by atoms with E-state index in [2.05, 4.69) is 50.9 Å². The predicted molar refractivity (Wildman–Crippen MR) is 165 cm³/mol. The Labute approximate surface area is 249 Å². The molecule has 0 bridgehead atoms. The molecule has 0 aliphatic carbocycles. The number of carbonyl (C=O) groups is 3. The fourth-order valence-corrected chi connectivity index (χ4v) is 4.75. The largest absolute Gasteiger partial charge is 0.465 e. The van der Waals surface area contributed by atoms with Gasteiger partial charge in [-0.2, -0.15) is 5.10 Å². The van der Waals surface area contributed by atoms with Gasteiger partial charge in [0.1, 0.15) is 5.69 Å². The van der Waals surface area contributed by atoms with E-state index < -0.39 is 17.8 Å². The molecule has 0 aliphatic rings. The topological polar surface area (TPSA) is 118 Å². The number of esters is 1. The molecule has 2 heterocycles. The number of ether oxygens (including phenoxy) is 1. The summed E-state index contributed by atoms with van der Waals surface area (Å²) in [5, 5.41) is 11.0. The van der Waals surface area contributed by atoms with E-state index in [0.29, 0.717) is 5.69 Å². The van der Waals surface area contributed by atoms with Crippen molar-refractivity contribution in [1.29, 1.82) is 0 Å². The van der Waals surface area contributed by atoms with E-state index in [-0.39, 0.29) is 22.5 Å². The molecule has 0 fully saturated rings. The number of pyridine rings is 1. The second-order valence-corrected chi connectivity index (χ2v) is 10.2. The van der Waals surface area contributed by atoms with Crippen molar-refractivity contribution in [3.8, 4) is 0 Å². The van der Waals surface area contributed by atoms with Gasteiger partial charge in [0.2, 0.25) is 0 Å². The Hall–Kier alpha value is -5.35. The minimum atomic E-state index is -0.587. The van der Waals surface area contributed by atoms with Crippen LogP contribution < -0.4 is 10.6 Å². The number of rotatable bonds is 10. The summed E-state index contributed by atoms with van der Waals surface area (Å²) in [6, 6.07) is 23.4. The second-order valence-electron chi connectivity index (χ2n) is 10.2. The van der Waals surface area contributed by atoms with Crippen LogP contribution in [0.15, 0.2) is 91.3 Å². The van der Waals surface area contributed by atoms with Crippen molar-refractivity contribution in [3.05, 3.63) is 119 Å². The highest BCUT2D eigenvalue weighted by Gasteiger charge is 2.18. The number of fused-ring (bicyclic) bond motifs is 1. The molecule has 2 aromatic heterocycles. The Morgan fingerprint density at radius 1 is 0.907 bits per heavy atom. The first-order valence-corrected chi connectivity index (χ1v) is 13.7. The van der Waals surface area contributed by atoms with Crippen LogP contribution in [0.3, 0.4) is 0 Å². The molecule has 5 aromatic rings. The molecule has 5 rings (SSSR count). The third-order valence-corrected chi connectivity index (χ3v) is 7.09. The number of nitrogens with one attached hydrogen (secondary N) is 2. The number of likely N-dealkylation sites (N-methyl/N-ethyl adjacent to an activating group) is 1. The van der Waals surface area contributed by atoms with Crippen molar-refractivity contribution in [2.24, 2.45) is 7.05 Å². The third kappa shape index (κ3) is 7.11. The average molecular weight is 577 g/mol. The number of hydrogen-bond donors (Lipinski definition) is 2. The van der Waals surface area contributed by atoms with Gasteiger partial charge in [-0.25, -0.2) is 4.79 Å². The normalized spacial score (nSPS) is 11.0. The van der Waals surface area contributed by atoms with Crippen LogP contribution in [0.5, 0.6) is 0 Å². The average Bonchev–Trinajstić information content (AvgIpc) is 3.40. The predicted octanol–water partition coefficient (Wildman–Crippen LogP) is 4.93. The fourth-order valence-electron chi connectivity index (χ4n) is 4.75. The third-order valence-electron chi connectivity index (χ3n) is 7.09. The number of amides is 2. The van der Waals surface area contributed by atoms with Gasteiger partial charge in [0.05, 0.1) is 35.6 Å². The highest BCUT2D eigenvalue weighted by molar-refractivity contribution is 6.13. The van der Waals surface area contributed by atoms with E-state index in [9.17, 15) is 14.4 Å². The quantitative estimate of drug-likeness (QED) is 0.226. The summed E-state index contributed by atoms with van der Waals surface area (Å²) in [6.45, 7) is 1.69. The lowest BCUT2D eigenvalue weighted by Crippen LogP contribution is -2.21. The number of methoxy groups -OCH3 is 1. The summed E-state index contributed by atoms with van der Waals surface area (Å²) in [5.74, 6) is -1.54. The molecule has 0 aliphatic heterocycles. The van der Waals surface area contributed by atoms with Crippen molar-refractivity contribution in [1.82, 2.24) is 19.7 Å². The molecular formula is C33H32N6O4. The van der Waals surface area contributed by atoms with Crippen LogP contribution in [0, 0.1) is 0 Å². The zero-order valence-electron chi connectivity index (χ0n) is 24.2. The number of anilines is 2. The molecule has 2 amide bonds. The lowest BCUT2D eigenvalue weighted by molar-refractivity contribution is 0.0600.